The van der Waals surface area contributed by atoms with Crippen molar-refractivity contribution in [3.63, 3.8) is 0 Å². The van der Waals surface area contributed by atoms with E-state index in [4.69, 9.17) is 0 Å². The number of rotatable bonds is 1. The molecule has 1 saturated heterocycles. The van der Waals surface area contributed by atoms with E-state index in [0.717, 1.165) is 0 Å². The molecule has 98 valence electrons. The Bertz CT molecular complexity index is 561. The smallest absolute Gasteiger partial charge is 0.238 e. The van der Waals surface area contributed by atoms with Gasteiger partial charge in [-0.05, 0) is 36.6 Å². The summed E-state index contributed by atoms with van der Waals surface area (Å²) in [6.45, 7) is 1.97. The van der Waals surface area contributed by atoms with Gasteiger partial charge in [-0.3, -0.25) is 14.5 Å². The van der Waals surface area contributed by atoms with Crippen LogP contribution < -0.4 is 4.90 Å². The molecule has 1 aromatic rings. The fourth-order valence-electron chi connectivity index (χ4n) is 3.00. The Morgan fingerprint density at radius 2 is 1.84 bits per heavy atom. The number of phenols is 1. The zero-order valence-corrected chi connectivity index (χ0v) is 10.6. The van der Waals surface area contributed by atoms with Crippen molar-refractivity contribution < 1.29 is 14.7 Å². The summed E-state index contributed by atoms with van der Waals surface area (Å²) < 4.78 is 0. The standard InChI is InChI=1S/C15H15NO3/c1-9-3-2-4-12-13(9)15(19)16(14(12)18)10-5-7-11(17)8-6-10/h2-3,5-9,12-13,17H,4H2,1H3/t9-,12+,13-/m1/s1. The van der Waals surface area contributed by atoms with Gasteiger partial charge in [-0.1, -0.05) is 19.1 Å². The monoisotopic (exact) mass is 257 g/mol. The molecule has 1 aliphatic heterocycles. The molecule has 1 fully saturated rings. The summed E-state index contributed by atoms with van der Waals surface area (Å²) >= 11 is 0. The third-order valence-electron chi connectivity index (χ3n) is 3.98. The Morgan fingerprint density at radius 1 is 1.16 bits per heavy atom. The van der Waals surface area contributed by atoms with Crippen LogP contribution in [0.3, 0.4) is 0 Å². The van der Waals surface area contributed by atoms with Gasteiger partial charge in [0, 0.05) is 0 Å². The fraction of sp³-hybridized carbons (Fsp3) is 0.333. The molecule has 3 rings (SSSR count). The van der Waals surface area contributed by atoms with Crippen LogP contribution in [0.2, 0.25) is 0 Å². The van der Waals surface area contributed by atoms with Crippen molar-refractivity contribution in [2.45, 2.75) is 13.3 Å². The van der Waals surface area contributed by atoms with Crippen LogP contribution in [0.1, 0.15) is 13.3 Å². The molecular formula is C15H15NO3. The van der Waals surface area contributed by atoms with Crippen LogP contribution in [-0.2, 0) is 9.59 Å². The minimum atomic E-state index is -0.244. The van der Waals surface area contributed by atoms with Gasteiger partial charge in [0.1, 0.15) is 5.75 Å². The second kappa shape index (κ2) is 4.23. The van der Waals surface area contributed by atoms with E-state index in [0.29, 0.717) is 12.1 Å². The number of carbonyl (C=O) groups is 2. The number of hydrogen-bond donors (Lipinski definition) is 1. The van der Waals surface area contributed by atoms with E-state index in [-0.39, 0.29) is 35.3 Å². The van der Waals surface area contributed by atoms with Crippen LogP contribution in [-0.4, -0.2) is 16.9 Å². The highest BCUT2D eigenvalue weighted by atomic mass is 16.3. The maximum absolute atomic E-state index is 12.5. The SMILES string of the molecule is C[C@@H]1C=CC[C@@H]2C(=O)N(c3ccc(O)cc3)C(=O)[C@H]12. The molecule has 1 heterocycles. The summed E-state index contributed by atoms with van der Waals surface area (Å²) in [5.41, 5.74) is 0.536. The van der Waals surface area contributed by atoms with Gasteiger partial charge in [0.25, 0.3) is 0 Å². The number of benzene rings is 1. The average molecular weight is 257 g/mol. The minimum absolute atomic E-state index is 0.0947. The summed E-state index contributed by atoms with van der Waals surface area (Å²) in [5, 5.41) is 9.28. The number of fused-ring (bicyclic) bond motifs is 1. The van der Waals surface area contributed by atoms with Crippen molar-refractivity contribution in [3.05, 3.63) is 36.4 Å². The normalized spacial score (nSPS) is 29.7. The lowest BCUT2D eigenvalue weighted by Gasteiger charge is -2.22. The number of anilines is 1. The summed E-state index contributed by atoms with van der Waals surface area (Å²) in [5.74, 6) is -0.519. The van der Waals surface area contributed by atoms with E-state index in [1.54, 1.807) is 12.1 Å². The van der Waals surface area contributed by atoms with Gasteiger partial charge in [-0.15, -0.1) is 0 Å². The molecule has 0 bridgehead atoms. The Morgan fingerprint density at radius 3 is 2.47 bits per heavy atom. The zero-order chi connectivity index (χ0) is 13.6. The minimum Gasteiger partial charge on any atom is -0.508 e. The number of phenolic OH excluding ortho intramolecular Hbond substituents is 1. The highest BCUT2D eigenvalue weighted by molar-refractivity contribution is 6.22. The van der Waals surface area contributed by atoms with Gasteiger partial charge in [-0.2, -0.15) is 0 Å². The number of amides is 2. The van der Waals surface area contributed by atoms with Crippen molar-refractivity contribution in [1.82, 2.24) is 0 Å². The molecule has 0 unspecified atom stereocenters. The van der Waals surface area contributed by atoms with E-state index in [9.17, 15) is 14.7 Å². The number of allylic oxidation sites excluding steroid dienone is 2. The van der Waals surface area contributed by atoms with Gasteiger partial charge in [0.15, 0.2) is 0 Å². The molecule has 0 spiro atoms. The third-order valence-corrected chi connectivity index (χ3v) is 3.98. The molecule has 0 aromatic heterocycles. The molecular weight excluding hydrogens is 242 g/mol. The van der Waals surface area contributed by atoms with Crippen LogP contribution in [0, 0.1) is 17.8 Å². The van der Waals surface area contributed by atoms with Crippen LogP contribution in [0.4, 0.5) is 5.69 Å². The number of hydrogen-bond acceptors (Lipinski definition) is 3. The quantitative estimate of drug-likeness (QED) is 0.619. The molecule has 19 heavy (non-hydrogen) atoms. The number of carbonyl (C=O) groups excluding carboxylic acids is 2. The van der Waals surface area contributed by atoms with E-state index in [1.165, 1.54) is 17.0 Å². The average Bonchev–Trinajstić information content (AvgIpc) is 2.65. The highest BCUT2D eigenvalue weighted by Gasteiger charge is 2.50. The number of nitrogens with zero attached hydrogens (tertiary/aromatic N) is 1. The van der Waals surface area contributed by atoms with Crippen molar-refractivity contribution in [3.8, 4) is 5.75 Å². The summed E-state index contributed by atoms with van der Waals surface area (Å²) in [6.07, 6.45) is 4.62. The lowest BCUT2D eigenvalue weighted by atomic mass is 9.78. The number of imide groups is 1. The molecule has 2 aliphatic rings. The van der Waals surface area contributed by atoms with Crippen molar-refractivity contribution in [1.29, 1.82) is 0 Å². The highest BCUT2D eigenvalue weighted by Crippen LogP contribution is 2.40. The summed E-state index contributed by atoms with van der Waals surface area (Å²) in [7, 11) is 0. The van der Waals surface area contributed by atoms with E-state index < -0.39 is 0 Å². The molecule has 0 saturated carbocycles. The van der Waals surface area contributed by atoms with Gasteiger partial charge < -0.3 is 5.11 Å². The van der Waals surface area contributed by atoms with Crippen molar-refractivity contribution >= 4 is 17.5 Å². The Kier molecular flexibility index (Phi) is 2.66. The molecule has 1 aliphatic carbocycles. The lowest BCUT2D eigenvalue weighted by molar-refractivity contribution is -0.122. The second-order valence-electron chi connectivity index (χ2n) is 5.18. The largest absolute Gasteiger partial charge is 0.508 e. The molecule has 1 N–H and O–H groups in total. The molecule has 4 heteroatoms. The van der Waals surface area contributed by atoms with Crippen LogP contribution in [0.15, 0.2) is 36.4 Å². The van der Waals surface area contributed by atoms with E-state index in [1.807, 2.05) is 19.1 Å². The van der Waals surface area contributed by atoms with E-state index >= 15 is 0 Å². The van der Waals surface area contributed by atoms with Crippen LogP contribution in [0.5, 0.6) is 5.75 Å². The molecule has 2 amide bonds. The van der Waals surface area contributed by atoms with Gasteiger partial charge >= 0.3 is 0 Å². The number of aromatic hydroxyl groups is 1. The summed E-state index contributed by atoms with van der Waals surface area (Å²) in [4.78, 5) is 26.1. The van der Waals surface area contributed by atoms with Gasteiger partial charge in [0.05, 0.1) is 17.5 Å². The topological polar surface area (TPSA) is 57.6 Å². The Labute approximate surface area is 111 Å². The van der Waals surface area contributed by atoms with Crippen molar-refractivity contribution in [2.24, 2.45) is 17.8 Å². The Hall–Kier alpha value is -2.10. The first-order valence-electron chi connectivity index (χ1n) is 6.43. The predicted molar refractivity (Wildman–Crippen MR) is 70.5 cm³/mol. The molecule has 3 atom stereocenters. The third kappa shape index (κ3) is 1.75. The molecule has 4 nitrogen and oxygen atoms in total. The van der Waals surface area contributed by atoms with Gasteiger partial charge in [0.2, 0.25) is 11.8 Å². The summed E-state index contributed by atoms with van der Waals surface area (Å²) in [6, 6.07) is 6.17. The first-order valence-corrected chi connectivity index (χ1v) is 6.43. The zero-order valence-electron chi connectivity index (χ0n) is 10.6. The maximum Gasteiger partial charge on any atom is 0.238 e. The molecule has 1 aromatic carbocycles. The van der Waals surface area contributed by atoms with Crippen molar-refractivity contribution in [2.75, 3.05) is 4.90 Å². The maximum atomic E-state index is 12.5. The Balaban J connectivity index is 1.98. The van der Waals surface area contributed by atoms with Crippen LogP contribution >= 0.6 is 0 Å². The lowest BCUT2D eigenvalue weighted by Crippen LogP contribution is -2.31. The van der Waals surface area contributed by atoms with Gasteiger partial charge in [-0.25, -0.2) is 0 Å². The predicted octanol–water partition coefficient (Wildman–Crippen LogP) is 2.09. The first-order chi connectivity index (χ1) is 9.09. The molecule has 0 radical (unpaired) electrons. The van der Waals surface area contributed by atoms with Crippen LogP contribution in [0.25, 0.3) is 0 Å². The fourth-order valence-corrected chi connectivity index (χ4v) is 3.00. The first kappa shape index (κ1) is 12.0. The second-order valence-corrected chi connectivity index (χ2v) is 5.18. The van der Waals surface area contributed by atoms with E-state index in [2.05, 4.69) is 0 Å².